The topological polar surface area (TPSA) is 77.3 Å². The number of nitrogens with zero attached hydrogens (tertiary/aromatic N) is 6. The minimum absolute atomic E-state index is 0. The van der Waals surface area contributed by atoms with Crippen LogP contribution in [0.1, 0.15) is 29.3 Å². The average molecular weight is 1950 g/mol. The van der Waals surface area contributed by atoms with Crippen molar-refractivity contribution in [2.45, 2.75) is 34.1 Å². The van der Waals surface area contributed by atoms with Crippen LogP contribution in [0, 0.1) is 57.2 Å². The standard InChI is InChI=1S/C23H18N.2C22H16N.C12H10N.2C11H8N.3Ir/c1-2-17-15-23(19-9-4-3-5-10-19)24-16-22(17)21-13-12-18-8-6-7-11-20(18)14-21;2*1-16-13-22(18-8-3-2-4-9-18)23-15-21(16)20-12-11-17-7-5-6-10-19(17)14-20;1-10-6-5-9-12(13-10)11-7-3-2-4-8-11;2*1-2-6-10(7-3-1)11-8-4-5-9-12-11;;;/h3-9,11-16H,2H2,1H3;2*2-8,10-15H,1H3;2-7,9H,1H3;2*1-6,8-9H;;;/q6*-1;;;. The second-order valence-corrected chi connectivity index (χ2v) is 25.3. The Morgan fingerprint density at radius 2 is 0.545 bits per heavy atom. The van der Waals surface area contributed by atoms with Crippen molar-refractivity contribution >= 4 is 32.3 Å². The molecular weight excluding hydrogens is 1870 g/mol. The van der Waals surface area contributed by atoms with E-state index in [0.29, 0.717) is 0 Å². The second kappa shape index (κ2) is 41.6. The molecule has 3 radical (unpaired) electrons. The fourth-order valence-electron chi connectivity index (χ4n) is 12.3. The van der Waals surface area contributed by atoms with E-state index in [4.69, 9.17) is 0 Å². The van der Waals surface area contributed by atoms with E-state index >= 15 is 0 Å². The van der Waals surface area contributed by atoms with Crippen LogP contribution in [0.4, 0.5) is 0 Å². The predicted octanol–water partition coefficient (Wildman–Crippen LogP) is 25.2. The molecule has 0 aliphatic rings. The number of pyridine rings is 6. The molecule has 0 atom stereocenters. The molecule has 18 aromatic rings. The van der Waals surface area contributed by atoms with Crippen molar-refractivity contribution in [1.82, 2.24) is 29.9 Å². The van der Waals surface area contributed by atoms with Crippen LogP contribution in [0.3, 0.4) is 0 Å². The van der Waals surface area contributed by atoms with Crippen molar-refractivity contribution in [2.75, 3.05) is 0 Å². The number of hydrogen-bond acceptors (Lipinski definition) is 6. The summed E-state index contributed by atoms with van der Waals surface area (Å²) in [5, 5.41) is 7.56. The van der Waals surface area contributed by atoms with Crippen LogP contribution in [0.25, 0.3) is 133 Å². The molecule has 543 valence electrons. The Kier molecular flexibility index (Phi) is 30.5. The summed E-state index contributed by atoms with van der Waals surface area (Å²) in [7, 11) is 0. The molecule has 0 aliphatic heterocycles. The molecule has 0 fully saturated rings. The number of fused-ring (bicyclic) bond motifs is 3. The van der Waals surface area contributed by atoms with E-state index in [9.17, 15) is 0 Å². The molecule has 0 saturated carbocycles. The van der Waals surface area contributed by atoms with E-state index in [1.807, 2.05) is 220 Å². The van der Waals surface area contributed by atoms with Crippen molar-refractivity contribution in [3.63, 3.8) is 0 Å². The van der Waals surface area contributed by atoms with Crippen molar-refractivity contribution in [1.29, 1.82) is 0 Å². The van der Waals surface area contributed by atoms with Crippen LogP contribution in [-0.4, -0.2) is 29.9 Å². The zero-order valence-electron chi connectivity index (χ0n) is 61.2. The van der Waals surface area contributed by atoms with Gasteiger partial charge in [0.15, 0.2) is 0 Å². The third kappa shape index (κ3) is 22.0. The van der Waals surface area contributed by atoms with E-state index in [1.165, 1.54) is 82.4 Å². The van der Waals surface area contributed by atoms with Gasteiger partial charge in [-0.1, -0.05) is 171 Å². The van der Waals surface area contributed by atoms with Gasteiger partial charge in [-0.2, -0.15) is 0 Å². The molecule has 6 aromatic heterocycles. The normalized spacial score (nSPS) is 10.2. The zero-order chi connectivity index (χ0) is 73.2. The summed E-state index contributed by atoms with van der Waals surface area (Å²) in [6.45, 7) is 8.46. The number of rotatable bonds is 10. The van der Waals surface area contributed by atoms with Crippen LogP contribution in [0.5, 0.6) is 0 Å². The van der Waals surface area contributed by atoms with Gasteiger partial charge in [0.2, 0.25) is 0 Å². The number of aryl methyl sites for hydroxylation is 4. The van der Waals surface area contributed by atoms with E-state index in [-0.39, 0.29) is 60.3 Å². The molecule has 0 N–H and O–H groups in total. The molecule has 0 unspecified atom stereocenters. The van der Waals surface area contributed by atoms with Crippen molar-refractivity contribution in [3.05, 3.63) is 436 Å². The Morgan fingerprint density at radius 1 is 0.245 bits per heavy atom. The van der Waals surface area contributed by atoms with E-state index in [1.54, 1.807) is 12.4 Å². The first-order valence-electron chi connectivity index (χ1n) is 35.7. The summed E-state index contributed by atoms with van der Waals surface area (Å²) in [6.07, 6.45) is 10.5. The molecule has 6 nitrogen and oxygen atoms in total. The van der Waals surface area contributed by atoms with E-state index in [2.05, 4.69) is 239 Å². The molecule has 0 bridgehead atoms. The molecule has 0 saturated heterocycles. The number of hydrogen-bond donors (Lipinski definition) is 0. The average Bonchev–Trinajstić information content (AvgIpc) is 0.802. The van der Waals surface area contributed by atoms with Crippen molar-refractivity contribution in [3.8, 4) is 101 Å². The molecule has 0 spiro atoms. The van der Waals surface area contributed by atoms with Crippen LogP contribution in [0.15, 0.2) is 377 Å². The van der Waals surface area contributed by atoms with Crippen LogP contribution in [-0.2, 0) is 66.7 Å². The van der Waals surface area contributed by atoms with Crippen LogP contribution >= 0.6 is 0 Å². The molecule has 9 heteroatoms. The van der Waals surface area contributed by atoms with Gasteiger partial charge in [0.25, 0.3) is 0 Å². The Morgan fingerprint density at radius 3 is 0.864 bits per heavy atom. The Labute approximate surface area is 687 Å². The quantitative estimate of drug-likeness (QED) is 0.127. The maximum atomic E-state index is 4.68. The number of benzene rings is 12. The summed E-state index contributed by atoms with van der Waals surface area (Å²) in [5.74, 6) is 0. The third-order valence-electron chi connectivity index (χ3n) is 17.9. The Balaban J connectivity index is 0.000000143. The summed E-state index contributed by atoms with van der Waals surface area (Å²) in [5.41, 5.74) is 24.1. The fourth-order valence-corrected chi connectivity index (χ4v) is 12.3. The molecule has 18 rings (SSSR count). The van der Waals surface area contributed by atoms with Gasteiger partial charge in [-0.05, 0) is 163 Å². The van der Waals surface area contributed by atoms with Gasteiger partial charge in [0.05, 0.1) is 0 Å². The van der Waals surface area contributed by atoms with Gasteiger partial charge in [-0.25, -0.2) is 0 Å². The smallest absolute Gasteiger partial charge is 0.0266 e. The maximum Gasteiger partial charge on any atom is 0.0266 e. The first-order chi connectivity index (χ1) is 52.8. The fraction of sp³-hybridized carbons (Fsp3) is 0.0495. The summed E-state index contributed by atoms with van der Waals surface area (Å²) in [6, 6.07) is 136. The third-order valence-corrected chi connectivity index (χ3v) is 17.9. The van der Waals surface area contributed by atoms with Crippen molar-refractivity contribution < 1.29 is 60.3 Å². The summed E-state index contributed by atoms with van der Waals surface area (Å²) in [4.78, 5) is 26.8. The summed E-state index contributed by atoms with van der Waals surface area (Å²) >= 11 is 0. The first-order valence-corrected chi connectivity index (χ1v) is 35.7. The van der Waals surface area contributed by atoms with Crippen LogP contribution in [0.2, 0.25) is 0 Å². The van der Waals surface area contributed by atoms with Gasteiger partial charge < -0.3 is 29.9 Å². The predicted molar refractivity (Wildman–Crippen MR) is 443 cm³/mol. The SMILES string of the molecule is CCc1cc(-c2[c-]cccc2)ncc1-c1ccc2ccccc2c1.Cc1cc(-c2[c-]cccc2)ncc1-c1ccc2ccccc2c1.Cc1cc(-c2[c-]cccc2)ncc1-c1ccc2ccccc2c1.Cc1cccc(-c2[c-]cccc2)n1.[Ir].[Ir].[Ir].[c-]1ccccc1-c1ccccn1.[c-]1ccccc1-c1ccccn1. The molecule has 12 aromatic carbocycles. The number of aromatic nitrogens is 6. The first kappa shape index (κ1) is 80.8. The molecule has 110 heavy (non-hydrogen) atoms. The van der Waals surface area contributed by atoms with E-state index < -0.39 is 0 Å². The minimum atomic E-state index is 0. The van der Waals surface area contributed by atoms with Crippen LogP contribution < -0.4 is 0 Å². The Bertz CT molecular complexity index is 5510. The van der Waals surface area contributed by atoms with Crippen molar-refractivity contribution in [2.24, 2.45) is 0 Å². The molecule has 0 aliphatic carbocycles. The van der Waals surface area contributed by atoms with Gasteiger partial charge in [0, 0.05) is 114 Å². The largest absolute Gasteiger partial charge is 0.305 e. The monoisotopic (exact) mass is 1950 g/mol. The molecule has 6 heterocycles. The van der Waals surface area contributed by atoms with Gasteiger partial charge in [0.1, 0.15) is 0 Å². The van der Waals surface area contributed by atoms with E-state index in [0.717, 1.165) is 79.7 Å². The van der Waals surface area contributed by atoms with Gasteiger partial charge in [-0.3, -0.25) is 0 Å². The van der Waals surface area contributed by atoms with Gasteiger partial charge in [-0.15, -0.1) is 215 Å². The zero-order valence-corrected chi connectivity index (χ0v) is 68.4. The Hall–Kier alpha value is -11.7. The molecule has 0 amide bonds. The van der Waals surface area contributed by atoms with Gasteiger partial charge >= 0.3 is 0 Å². The molecular formula is C101H76Ir3N6-6. The minimum Gasteiger partial charge on any atom is -0.305 e. The maximum absolute atomic E-state index is 4.68. The summed E-state index contributed by atoms with van der Waals surface area (Å²) < 4.78 is 0. The second-order valence-electron chi connectivity index (χ2n) is 25.3.